The Morgan fingerprint density at radius 3 is 2.61 bits per heavy atom. The molecule has 0 fully saturated rings. The van der Waals surface area contributed by atoms with Gasteiger partial charge in [-0.1, -0.05) is 24.3 Å². The molecular formula is C18H21NO4. The van der Waals surface area contributed by atoms with E-state index < -0.39 is 12.0 Å². The van der Waals surface area contributed by atoms with E-state index in [0.29, 0.717) is 17.7 Å². The van der Waals surface area contributed by atoms with E-state index in [1.165, 1.54) is 13.8 Å². The van der Waals surface area contributed by atoms with Crippen LogP contribution in [0.15, 0.2) is 36.4 Å². The third kappa shape index (κ3) is 4.52. The first kappa shape index (κ1) is 16.9. The van der Waals surface area contributed by atoms with E-state index >= 15 is 0 Å². The molecule has 0 saturated carbocycles. The van der Waals surface area contributed by atoms with Crippen molar-refractivity contribution in [3.8, 4) is 0 Å². The highest BCUT2D eigenvalue weighted by molar-refractivity contribution is 6.04. The van der Waals surface area contributed by atoms with Crippen molar-refractivity contribution in [1.29, 1.82) is 0 Å². The second-order valence-electron chi connectivity index (χ2n) is 5.65. The molecule has 2 atom stereocenters. The van der Waals surface area contributed by atoms with Crippen molar-refractivity contribution < 1.29 is 19.1 Å². The largest absolute Gasteiger partial charge is 0.452 e. The lowest BCUT2D eigenvalue weighted by Gasteiger charge is -2.20. The number of ether oxygens (including phenoxy) is 1. The first-order chi connectivity index (χ1) is 11.0. The Morgan fingerprint density at radius 1 is 1.22 bits per heavy atom. The van der Waals surface area contributed by atoms with Gasteiger partial charge in [0, 0.05) is 5.56 Å². The highest BCUT2D eigenvalue weighted by atomic mass is 16.5. The number of amides is 1. The number of para-hydroxylation sites is 1. The van der Waals surface area contributed by atoms with E-state index in [4.69, 9.17) is 4.74 Å². The molecule has 0 bridgehead atoms. The van der Waals surface area contributed by atoms with Gasteiger partial charge < -0.3 is 10.1 Å². The molecule has 1 amide bonds. The number of hydrogen-bond acceptors (Lipinski definition) is 4. The maximum atomic E-state index is 12.2. The molecule has 0 saturated heterocycles. The number of carbonyl (C=O) groups is 3. The average Bonchev–Trinajstić information content (AvgIpc) is 2.55. The zero-order chi connectivity index (χ0) is 16.8. The maximum absolute atomic E-state index is 12.2. The Labute approximate surface area is 135 Å². The fourth-order valence-corrected chi connectivity index (χ4v) is 2.47. The molecule has 2 rings (SSSR count). The van der Waals surface area contributed by atoms with Crippen LogP contribution in [-0.4, -0.2) is 23.8 Å². The van der Waals surface area contributed by atoms with Gasteiger partial charge in [0.05, 0.1) is 11.6 Å². The first-order valence-corrected chi connectivity index (χ1v) is 7.75. The highest BCUT2D eigenvalue weighted by Crippen LogP contribution is 2.21. The summed E-state index contributed by atoms with van der Waals surface area (Å²) in [7, 11) is 0. The predicted molar refractivity (Wildman–Crippen MR) is 87.1 cm³/mol. The van der Waals surface area contributed by atoms with Crippen LogP contribution >= 0.6 is 0 Å². The first-order valence-electron chi connectivity index (χ1n) is 7.75. The van der Waals surface area contributed by atoms with Gasteiger partial charge in [-0.15, -0.1) is 0 Å². The molecule has 0 aromatic heterocycles. The third-order valence-corrected chi connectivity index (χ3v) is 3.83. The molecule has 0 heterocycles. The number of anilines is 1. The summed E-state index contributed by atoms with van der Waals surface area (Å²) in [6, 6.07) is 6.75. The topological polar surface area (TPSA) is 72.5 Å². The summed E-state index contributed by atoms with van der Waals surface area (Å²) in [5.74, 6) is -1.12. The number of hydrogen-bond donors (Lipinski definition) is 1. The van der Waals surface area contributed by atoms with Crippen LogP contribution in [-0.2, 0) is 14.3 Å². The summed E-state index contributed by atoms with van der Waals surface area (Å²) < 4.78 is 5.25. The maximum Gasteiger partial charge on any atom is 0.310 e. The quantitative estimate of drug-likeness (QED) is 0.515. The monoisotopic (exact) mass is 315 g/mol. The van der Waals surface area contributed by atoms with Crippen LogP contribution in [0.4, 0.5) is 5.69 Å². The number of rotatable bonds is 5. The zero-order valence-corrected chi connectivity index (χ0v) is 13.4. The van der Waals surface area contributed by atoms with Crippen molar-refractivity contribution in [2.75, 3.05) is 5.32 Å². The molecule has 1 aliphatic carbocycles. The van der Waals surface area contributed by atoms with Crippen LogP contribution < -0.4 is 5.32 Å². The normalized spacial score (nSPS) is 18.1. The standard InChI is InChI=1S/C18H21NO4/c1-12(20)15-10-6-7-11-16(15)19-17(21)13(2)23-18(22)14-8-4-3-5-9-14/h3-4,6-7,10-11,13-14H,5,8-9H2,1-2H3,(H,19,21)/t13-,14-/m0/s1. The summed E-state index contributed by atoms with van der Waals surface area (Å²) in [6.45, 7) is 2.97. The van der Waals surface area contributed by atoms with Crippen molar-refractivity contribution in [3.05, 3.63) is 42.0 Å². The third-order valence-electron chi connectivity index (χ3n) is 3.83. The molecule has 122 valence electrons. The zero-order valence-electron chi connectivity index (χ0n) is 13.4. The molecule has 1 N–H and O–H groups in total. The van der Waals surface area contributed by atoms with Crippen molar-refractivity contribution in [1.82, 2.24) is 0 Å². The lowest BCUT2D eigenvalue weighted by atomic mass is 9.95. The van der Waals surface area contributed by atoms with E-state index in [0.717, 1.165) is 12.8 Å². The van der Waals surface area contributed by atoms with Crippen molar-refractivity contribution in [3.63, 3.8) is 0 Å². The SMILES string of the molecule is CC(=O)c1ccccc1NC(=O)[C@H](C)OC(=O)[C@H]1CC=CCC1. The predicted octanol–water partition coefficient (Wildman–Crippen LogP) is 3.12. The van der Waals surface area contributed by atoms with Crippen LogP contribution in [0.1, 0.15) is 43.5 Å². The minimum atomic E-state index is -0.909. The Bertz CT molecular complexity index is 636. The van der Waals surface area contributed by atoms with Crippen LogP contribution in [0.5, 0.6) is 0 Å². The molecular weight excluding hydrogens is 294 g/mol. The van der Waals surface area contributed by atoms with Crippen LogP contribution in [0, 0.1) is 5.92 Å². The van der Waals surface area contributed by atoms with Gasteiger partial charge in [0.2, 0.25) is 0 Å². The Balaban J connectivity index is 1.96. The van der Waals surface area contributed by atoms with Crippen molar-refractivity contribution >= 4 is 23.3 Å². The number of ketones is 1. The van der Waals surface area contributed by atoms with Gasteiger partial charge in [0.15, 0.2) is 11.9 Å². The number of benzene rings is 1. The van der Waals surface area contributed by atoms with E-state index in [-0.39, 0.29) is 17.7 Å². The molecule has 23 heavy (non-hydrogen) atoms. The second kappa shape index (κ2) is 7.72. The summed E-state index contributed by atoms with van der Waals surface area (Å²) >= 11 is 0. The fourth-order valence-electron chi connectivity index (χ4n) is 2.47. The van der Waals surface area contributed by atoms with Crippen LogP contribution in [0.2, 0.25) is 0 Å². The fraction of sp³-hybridized carbons (Fsp3) is 0.389. The number of carbonyl (C=O) groups excluding carboxylic acids is 3. The second-order valence-corrected chi connectivity index (χ2v) is 5.65. The van der Waals surface area contributed by atoms with E-state index in [1.807, 2.05) is 12.2 Å². The lowest BCUT2D eigenvalue weighted by Crippen LogP contribution is -2.33. The summed E-state index contributed by atoms with van der Waals surface area (Å²) in [6.07, 6.45) is 5.35. The Morgan fingerprint density at radius 2 is 1.96 bits per heavy atom. The molecule has 0 radical (unpaired) electrons. The van der Waals surface area contributed by atoms with Gasteiger partial charge in [-0.2, -0.15) is 0 Å². The number of allylic oxidation sites excluding steroid dienone is 2. The van der Waals surface area contributed by atoms with Gasteiger partial charge in [-0.05, 0) is 45.2 Å². The van der Waals surface area contributed by atoms with Gasteiger partial charge in [0.25, 0.3) is 5.91 Å². The summed E-state index contributed by atoms with van der Waals surface area (Å²) in [5, 5.41) is 2.65. The minimum absolute atomic E-state index is 0.139. The van der Waals surface area contributed by atoms with Gasteiger partial charge >= 0.3 is 5.97 Å². The van der Waals surface area contributed by atoms with Crippen LogP contribution in [0.25, 0.3) is 0 Å². The average molecular weight is 315 g/mol. The summed E-state index contributed by atoms with van der Waals surface area (Å²) in [5.41, 5.74) is 0.852. The lowest BCUT2D eigenvalue weighted by molar-refractivity contribution is -0.157. The molecule has 0 spiro atoms. The summed E-state index contributed by atoms with van der Waals surface area (Å²) in [4.78, 5) is 35.8. The molecule has 1 aromatic rings. The van der Waals surface area contributed by atoms with Crippen molar-refractivity contribution in [2.24, 2.45) is 5.92 Å². The van der Waals surface area contributed by atoms with E-state index in [2.05, 4.69) is 5.32 Å². The van der Waals surface area contributed by atoms with Crippen LogP contribution in [0.3, 0.4) is 0 Å². The molecule has 0 unspecified atom stereocenters. The minimum Gasteiger partial charge on any atom is -0.452 e. The van der Waals surface area contributed by atoms with Gasteiger partial charge in [-0.25, -0.2) is 0 Å². The molecule has 5 heteroatoms. The molecule has 1 aromatic carbocycles. The number of Topliss-reactive ketones (excluding diaryl/α,β-unsaturated/α-hetero) is 1. The highest BCUT2D eigenvalue weighted by Gasteiger charge is 2.25. The number of esters is 1. The van der Waals surface area contributed by atoms with Gasteiger partial charge in [-0.3, -0.25) is 14.4 Å². The smallest absolute Gasteiger partial charge is 0.310 e. The number of nitrogens with one attached hydrogen (secondary N) is 1. The Kier molecular flexibility index (Phi) is 5.68. The Hall–Kier alpha value is -2.43. The van der Waals surface area contributed by atoms with E-state index in [1.54, 1.807) is 24.3 Å². The molecule has 0 aliphatic heterocycles. The molecule has 1 aliphatic rings. The van der Waals surface area contributed by atoms with E-state index in [9.17, 15) is 14.4 Å². The van der Waals surface area contributed by atoms with Crippen molar-refractivity contribution in [2.45, 2.75) is 39.2 Å². The van der Waals surface area contributed by atoms with Gasteiger partial charge in [0.1, 0.15) is 0 Å². The molecule has 5 nitrogen and oxygen atoms in total.